The van der Waals surface area contributed by atoms with E-state index in [1.807, 2.05) is 13.0 Å². The third-order valence-corrected chi connectivity index (χ3v) is 6.70. The molecule has 1 saturated heterocycles. The van der Waals surface area contributed by atoms with E-state index in [0.29, 0.717) is 17.7 Å². The first-order valence-corrected chi connectivity index (χ1v) is 11.6. The highest BCUT2D eigenvalue weighted by atomic mass is 32.1. The van der Waals surface area contributed by atoms with Crippen molar-refractivity contribution < 1.29 is 9.59 Å². The van der Waals surface area contributed by atoms with Gasteiger partial charge >= 0.3 is 0 Å². The van der Waals surface area contributed by atoms with Gasteiger partial charge in [0.2, 0.25) is 0 Å². The summed E-state index contributed by atoms with van der Waals surface area (Å²) in [5.74, 6) is 0.802. The molecule has 2 aliphatic heterocycles. The molecule has 0 aliphatic carbocycles. The van der Waals surface area contributed by atoms with Crippen LogP contribution >= 0.6 is 11.3 Å². The molecule has 5 rings (SSSR count). The number of nitrogens with zero attached hydrogens (tertiary/aromatic N) is 4. The van der Waals surface area contributed by atoms with Crippen molar-refractivity contribution in [3.8, 4) is 10.6 Å². The monoisotopic (exact) mass is 448 g/mol. The molecule has 1 fully saturated rings. The first-order valence-electron chi connectivity index (χ1n) is 10.7. The maximum Gasteiger partial charge on any atom is 0.253 e. The molecule has 4 heterocycles. The molecule has 9 heteroatoms. The molecule has 2 N–H and O–H groups in total. The molecule has 0 bridgehead atoms. The summed E-state index contributed by atoms with van der Waals surface area (Å²) in [6, 6.07) is 13.3. The Morgan fingerprint density at radius 1 is 1.19 bits per heavy atom. The number of hydrazone groups is 1. The number of hydrogen-bond acceptors (Lipinski definition) is 6. The van der Waals surface area contributed by atoms with Gasteiger partial charge in [-0.15, -0.1) is 11.3 Å². The maximum absolute atomic E-state index is 12.7. The fourth-order valence-electron chi connectivity index (χ4n) is 4.06. The molecular formula is C23H24N6O2S. The third-order valence-electron chi connectivity index (χ3n) is 5.79. The van der Waals surface area contributed by atoms with Gasteiger partial charge < -0.3 is 10.2 Å². The van der Waals surface area contributed by atoms with Crippen molar-refractivity contribution >= 4 is 40.4 Å². The number of hydrogen-bond donors (Lipinski definition) is 2. The second-order valence-corrected chi connectivity index (χ2v) is 9.06. The Morgan fingerprint density at radius 2 is 1.97 bits per heavy atom. The molecule has 1 aromatic carbocycles. The summed E-state index contributed by atoms with van der Waals surface area (Å²) >= 11 is 1.69. The highest BCUT2D eigenvalue weighted by Crippen LogP contribution is 2.27. The van der Waals surface area contributed by atoms with Crippen LogP contribution in [-0.4, -0.2) is 46.9 Å². The number of H-pyrrole nitrogens is 1. The number of piperidine rings is 1. The summed E-state index contributed by atoms with van der Waals surface area (Å²) in [6.07, 6.45) is 2.07. The van der Waals surface area contributed by atoms with Crippen LogP contribution in [0.2, 0.25) is 0 Å². The van der Waals surface area contributed by atoms with E-state index in [4.69, 9.17) is 0 Å². The zero-order valence-corrected chi connectivity index (χ0v) is 18.6. The van der Waals surface area contributed by atoms with Gasteiger partial charge in [0.1, 0.15) is 0 Å². The predicted octanol–water partition coefficient (Wildman–Crippen LogP) is 3.65. The SMILES string of the molecule is CC1=NN(c2ccc(C(=O)NC3CCN(c4cc(-c5cccs5)[nH]n4)CC3)cc2)C(=O)C1. The van der Waals surface area contributed by atoms with Crippen LogP contribution in [0, 0.1) is 0 Å². The number of aromatic amines is 1. The van der Waals surface area contributed by atoms with Gasteiger partial charge in [0.15, 0.2) is 5.82 Å². The third kappa shape index (κ3) is 4.16. The molecule has 0 saturated carbocycles. The van der Waals surface area contributed by atoms with Crippen LogP contribution in [0.15, 0.2) is 52.9 Å². The molecule has 0 spiro atoms. The van der Waals surface area contributed by atoms with Crippen LogP contribution in [0.4, 0.5) is 11.5 Å². The zero-order valence-electron chi connectivity index (χ0n) is 17.7. The standard InChI is InChI=1S/C23H24N6O2S/c1-15-13-22(30)29(27-15)18-6-4-16(5-7-18)23(31)24-17-8-10-28(11-9-17)21-14-19(25-26-21)20-3-2-12-32-20/h2-7,12,14,17H,8-11,13H2,1H3,(H,24,31)(H,25,26). The average Bonchev–Trinajstić information content (AvgIpc) is 3.55. The van der Waals surface area contributed by atoms with Gasteiger partial charge in [-0.1, -0.05) is 6.07 Å². The number of carbonyl (C=O) groups is 2. The van der Waals surface area contributed by atoms with Crippen LogP contribution in [0.1, 0.15) is 36.5 Å². The first kappa shape index (κ1) is 20.4. The Hall–Kier alpha value is -3.46. The smallest absolute Gasteiger partial charge is 0.253 e. The van der Waals surface area contributed by atoms with E-state index in [9.17, 15) is 9.59 Å². The van der Waals surface area contributed by atoms with Gasteiger partial charge in [-0.3, -0.25) is 14.7 Å². The van der Waals surface area contributed by atoms with E-state index < -0.39 is 0 Å². The highest BCUT2D eigenvalue weighted by Gasteiger charge is 2.24. The summed E-state index contributed by atoms with van der Waals surface area (Å²) < 4.78 is 0. The molecule has 164 valence electrons. The highest BCUT2D eigenvalue weighted by molar-refractivity contribution is 7.13. The van der Waals surface area contributed by atoms with Crippen molar-refractivity contribution in [1.29, 1.82) is 0 Å². The Balaban J connectivity index is 1.15. The Kier molecular flexibility index (Phi) is 5.48. The first-order chi connectivity index (χ1) is 15.6. The second kappa shape index (κ2) is 8.58. The van der Waals surface area contributed by atoms with Crippen molar-refractivity contribution in [2.75, 3.05) is 23.0 Å². The van der Waals surface area contributed by atoms with E-state index in [0.717, 1.165) is 43.2 Å². The number of rotatable bonds is 5. The lowest BCUT2D eigenvalue weighted by Crippen LogP contribution is -2.44. The Bertz CT molecular complexity index is 1140. The number of nitrogens with one attached hydrogen (secondary N) is 2. The van der Waals surface area contributed by atoms with E-state index in [2.05, 4.69) is 43.0 Å². The lowest BCUT2D eigenvalue weighted by molar-refractivity contribution is -0.116. The number of thiophene rings is 1. The van der Waals surface area contributed by atoms with E-state index in [-0.39, 0.29) is 17.9 Å². The van der Waals surface area contributed by atoms with Crippen molar-refractivity contribution in [3.63, 3.8) is 0 Å². The number of benzene rings is 1. The van der Waals surface area contributed by atoms with E-state index >= 15 is 0 Å². The van der Waals surface area contributed by atoms with Crippen LogP contribution in [0.3, 0.4) is 0 Å². The van der Waals surface area contributed by atoms with Crippen LogP contribution in [0.25, 0.3) is 10.6 Å². The van der Waals surface area contributed by atoms with Crippen LogP contribution in [0.5, 0.6) is 0 Å². The minimum atomic E-state index is -0.0952. The molecule has 2 aliphatic rings. The molecule has 3 aromatic rings. The van der Waals surface area contributed by atoms with Crippen molar-refractivity contribution in [2.24, 2.45) is 5.10 Å². The molecular weight excluding hydrogens is 424 g/mol. The normalized spacial score (nSPS) is 17.0. The maximum atomic E-state index is 12.7. The minimum Gasteiger partial charge on any atom is -0.355 e. The molecule has 32 heavy (non-hydrogen) atoms. The predicted molar refractivity (Wildman–Crippen MR) is 126 cm³/mol. The van der Waals surface area contributed by atoms with Gasteiger partial charge in [-0.05, 0) is 55.5 Å². The summed E-state index contributed by atoms with van der Waals surface area (Å²) in [5, 5.41) is 18.4. The molecule has 8 nitrogen and oxygen atoms in total. The minimum absolute atomic E-state index is 0.0501. The van der Waals surface area contributed by atoms with Gasteiger partial charge in [0.25, 0.3) is 11.8 Å². The fourth-order valence-corrected chi connectivity index (χ4v) is 4.76. The molecule has 0 radical (unpaired) electrons. The lowest BCUT2D eigenvalue weighted by atomic mass is 10.0. The van der Waals surface area contributed by atoms with Gasteiger partial charge in [0, 0.05) is 36.5 Å². The lowest BCUT2D eigenvalue weighted by Gasteiger charge is -2.32. The molecule has 0 atom stereocenters. The zero-order chi connectivity index (χ0) is 22.1. The van der Waals surface area contributed by atoms with E-state index in [1.165, 1.54) is 9.89 Å². The average molecular weight is 449 g/mol. The Labute approximate surface area is 189 Å². The molecule has 0 unspecified atom stereocenters. The summed E-state index contributed by atoms with van der Waals surface area (Å²) in [7, 11) is 0. The number of carbonyl (C=O) groups excluding carboxylic acids is 2. The number of anilines is 2. The molecule has 2 aromatic heterocycles. The van der Waals surface area contributed by atoms with E-state index in [1.54, 1.807) is 35.6 Å². The van der Waals surface area contributed by atoms with Crippen molar-refractivity contribution in [2.45, 2.75) is 32.2 Å². The molecule has 2 amide bonds. The quantitative estimate of drug-likeness (QED) is 0.623. The van der Waals surface area contributed by atoms with Crippen LogP contribution in [-0.2, 0) is 4.79 Å². The number of aromatic nitrogens is 2. The summed E-state index contributed by atoms with van der Waals surface area (Å²) in [6.45, 7) is 3.51. The van der Waals surface area contributed by atoms with Crippen molar-refractivity contribution in [3.05, 3.63) is 53.4 Å². The van der Waals surface area contributed by atoms with Gasteiger partial charge in [-0.2, -0.15) is 10.2 Å². The van der Waals surface area contributed by atoms with Gasteiger partial charge in [0.05, 0.1) is 22.7 Å². The summed E-state index contributed by atoms with van der Waals surface area (Å²) in [5.41, 5.74) is 3.08. The fraction of sp³-hybridized carbons (Fsp3) is 0.304. The Morgan fingerprint density at radius 3 is 2.62 bits per heavy atom. The van der Waals surface area contributed by atoms with Crippen molar-refractivity contribution in [1.82, 2.24) is 15.5 Å². The number of amides is 2. The van der Waals surface area contributed by atoms with Crippen LogP contribution < -0.4 is 15.2 Å². The largest absolute Gasteiger partial charge is 0.355 e. The topological polar surface area (TPSA) is 93.7 Å². The summed E-state index contributed by atoms with van der Waals surface area (Å²) in [4.78, 5) is 28.1. The second-order valence-electron chi connectivity index (χ2n) is 8.12. The van der Waals surface area contributed by atoms with Gasteiger partial charge in [-0.25, -0.2) is 5.01 Å².